The van der Waals surface area contributed by atoms with Crippen LogP contribution >= 0.6 is 0 Å². The lowest BCUT2D eigenvalue weighted by Gasteiger charge is -2.30. The molecule has 0 spiro atoms. The second kappa shape index (κ2) is 5.81. The summed E-state index contributed by atoms with van der Waals surface area (Å²) in [5, 5.41) is 3.22. The van der Waals surface area contributed by atoms with Crippen LogP contribution in [0.3, 0.4) is 0 Å². The zero-order chi connectivity index (χ0) is 14.8. The van der Waals surface area contributed by atoms with E-state index >= 15 is 0 Å². The number of hydrogen-bond acceptors (Lipinski definition) is 4. The summed E-state index contributed by atoms with van der Waals surface area (Å²) in [4.78, 5) is 26.8. The van der Waals surface area contributed by atoms with E-state index in [2.05, 4.69) is 5.32 Å². The average Bonchev–Trinajstić information content (AvgIpc) is 2.48. The molecule has 0 saturated carbocycles. The highest BCUT2D eigenvalue weighted by Gasteiger charge is 2.28. The number of piperazine rings is 1. The van der Waals surface area contributed by atoms with Crippen LogP contribution in [0.4, 0.5) is 15.8 Å². The highest BCUT2D eigenvalue weighted by Crippen LogP contribution is 2.28. The van der Waals surface area contributed by atoms with Gasteiger partial charge in [0.05, 0.1) is 11.4 Å². The SMILES string of the molecule is O=C1CCCC(=O)N1c1ccc(N2CCNCC2)c(F)c1. The predicted molar refractivity (Wildman–Crippen MR) is 77.8 cm³/mol. The predicted octanol–water partition coefficient (Wildman–Crippen LogP) is 1.28. The summed E-state index contributed by atoms with van der Waals surface area (Å²) in [5.74, 6) is -0.887. The van der Waals surface area contributed by atoms with Crippen molar-refractivity contribution in [1.29, 1.82) is 0 Å². The first-order chi connectivity index (χ1) is 10.2. The molecule has 2 aliphatic heterocycles. The molecule has 2 amide bonds. The molecule has 6 heteroatoms. The van der Waals surface area contributed by atoms with E-state index in [1.165, 1.54) is 6.07 Å². The minimum absolute atomic E-state index is 0.249. The Labute approximate surface area is 122 Å². The maximum absolute atomic E-state index is 14.3. The molecule has 0 aromatic heterocycles. The molecule has 0 unspecified atom stereocenters. The molecular formula is C15H18FN3O2. The number of nitrogens with zero attached hydrogens (tertiary/aromatic N) is 2. The number of rotatable bonds is 2. The highest BCUT2D eigenvalue weighted by atomic mass is 19.1. The van der Waals surface area contributed by atoms with Gasteiger partial charge in [0.25, 0.3) is 0 Å². The molecule has 112 valence electrons. The Bertz CT molecular complexity index is 554. The van der Waals surface area contributed by atoms with E-state index in [0.29, 0.717) is 30.6 Å². The Kier molecular flexibility index (Phi) is 3.88. The standard InChI is InChI=1S/C15H18FN3O2/c16-12-10-11(19-14(20)2-1-3-15(19)21)4-5-13(12)18-8-6-17-7-9-18/h4-5,10,17H,1-3,6-9H2. The van der Waals surface area contributed by atoms with Crippen molar-refractivity contribution in [3.8, 4) is 0 Å². The molecular weight excluding hydrogens is 273 g/mol. The number of hydrogen-bond donors (Lipinski definition) is 1. The molecule has 0 aliphatic carbocycles. The van der Waals surface area contributed by atoms with Crippen LogP contribution in [-0.2, 0) is 9.59 Å². The fourth-order valence-corrected chi connectivity index (χ4v) is 2.84. The number of halogens is 1. The molecule has 2 aliphatic rings. The first-order valence-electron chi connectivity index (χ1n) is 7.28. The van der Waals surface area contributed by atoms with E-state index in [9.17, 15) is 14.0 Å². The van der Waals surface area contributed by atoms with Gasteiger partial charge in [-0.15, -0.1) is 0 Å². The zero-order valence-corrected chi connectivity index (χ0v) is 11.8. The summed E-state index contributed by atoms with van der Waals surface area (Å²) >= 11 is 0. The van der Waals surface area contributed by atoms with Gasteiger partial charge in [-0.1, -0.05) is 0 Å². The summed E-state index contributed by atoms with van der Waals surface area (Å²) in [6.07, 6.45) is 1.26. The molecule has 2 heterocycles. The Balaban J connectivity index is 1.86. The van der Waals surface area contributed by atoms with Crippen LogP contribution in [0.2, 0.25) is 0 Å². The molecule has 0 atom stereocenters. The van der Waals surface area contributed by atoms with Gasteiger partial charge in [-0.2, -0.15) is 0 Å². The van der Waals surface area contributed by atoms with E-state index in [1.54, 1.807) is 12.1 Å². The highest BCUT2D eigenvalue weighted by molar-refractivity contribution is 6.16. The number of anilines is 2. The number of nitrogens with one attached hydrogen (secondary N) is 1. The van der Waals surface area contributed by atoms with Crippen molar-refractivity contribution >= 4 is 23.2 Å². The number of carbonyl (C=O) groups is 2. The third-order valence-electron chi connectivity index (χ3n) is 3.93. The number of benzene rings is 1. The van der Waals surface area contributed by atoms with E-state index in [-0.39, 0.29) is 17.6 Å². The van der Waals surface area contributed by atoms with E-state index in [1.807, 2.05) is 4.90 Å². The van der Waals surface area contributed by atoms with Crippen molar-refractivity contribution in [3.63, 3.8) is 0 Å². The molecule has 1 N–H and O–H groups in total. The van der Waals surface area contributed by atoms with Crippen LogP contribution in [0, 0.1) is 5.82 Å². The number of amides is 2. The normalized spacial score (nSPS) is 20.0. The number of piperidine rings is 1. The average molecular weight is 291 g/mol. The van der Waals surface area contributed by atoms with Crippen LogP contribution < -0.4 is 15.1 Å². The van der Waals surface area contributed by atoms with Crippen LogP contribution in [0.5, 0.6) is 0 Å². The molecule has 3 rings (SSSR count). The van der Waals surface area contributed by atoms with Crippen molar-refractivity contribution in [2.24, 2.45) is 0 Å². The summed E-state index contributed by atoms with van der Waals surface area (Å²) in [7, 11) is 0. The lowest BCUT2D eigenvalue weighted by Crippen LogP contribution is -2.44. The number of carbonyl (C=O) groups excluding carboxylic acids is 2. The van der Waals surface area contributed by atoms with Gasteiger partial charge in [0.15, 0.2) is 0 Å². The molecule has 2 saturated heterocycles. The molecule has 0 radical (unpaired) electrons. The van der Waals surface area contributed by atoms with Gasteiger partial charge >= 0.3 is 0 Å². The Morgan fingerprint density at radius 1 is 1.05 bits per heavy atom. The molecule has 1 aromatic carbocycles. The van der Waals surface area contributed by atoms with E-state index in [0.717, 1.165) is 31.1 Å². The second-order valence-electron chi connectivity index (χ2n) is 5.35. The van der Waals surface area contributed by atoms with Gasteiger partial charge < -0.3 is 10.2 Å². The van der Waals surface area contributed by atoms with Crippen LogP contribution in [0.25, 0.3) is 0 Å². The molecule has 21 heavy (non-hydrogen) atoms. The van der Waals surface area contributed by atoms with Gasteiger partial charge in [0.1, 0.15) is 5.82 Å². The Morgan fingerprint density at radius 2 is 1.71 bits per heavy atom. The monoisotopic (exact) mass is 291 g/mol. The fourth-order valence-electron chi connectivity index (χ4n) is 2.84. The van der Waals surface area contributed by atoms with E-state index in [4.69, 9.17) is 0 Å². The maximum atomic E-state index is 14.3. The minimum atomic E-state index is -0.388. The largest absolute Gasteiger partial charge is 0.367 e. The summed E-state index contributed by atoms with van der Waals surface area (Å²) < 4.78 is 14.3. The van der Waals surface area contributed by atoms with Gasteiger partial charge in [-0.05, 0) is 18.6 Å². The quantitative estimate of drug-likeness (QED) is 0.834. The summed E-state index contributed by atoms with van der Waals surface area (Å²) in [5.41, 5.74) is 0.859. The fraction of sp³-hybridized carbons (Fsp3) is 0.467. The first kappa shape index (κ1) is 14.0. The van der Waals surface area contributed by atoms with Crippen LogP contribution in [0.1, 0.15) is 19.3 Å². The van der Waals surface area contributed by atoms with Crippen molar-refractivity contribution in [2.75, 3.05) is 36.0 Å². The van der Waals surface area contributed by atoms with Crippen LogP contribution in [0.15, 0.2) is 18.2 Å². The smallest absolute Gasteiger partial charge is 0.233 e. The first-order valence-corrected chi connectivity index (χ1v) is 7.28. The third-order valence-corrected chi connectivity index (χ3v) is 3.93. The topological polar surface area (TPSA) is 52.7 Å². The Morgan fingerprint density at radius 3 is 2.33 bits per heavy atom. The van der Waals surface area contributed by atoms with Crippen molar-refractivity contribution in [3.05, 3.63) is 24.0 Å². The summed E-state index contributed by atoms with van der Waals surface area (Å²) in [6.45, 7) is 3.14. The van der Waals surface area contributed by atoms with Gasteiger partial charge in [-0.3, -0.25) is 14.5 Å². The molecule has 5 nitrogen and oxygen atoms in total. The lowest BCUT2D eigenvalue weighted by atomic mass is 10.1. The van der Waals surface area contributed by atoms with Gasteiger partial charge in [0.2, 0.25) is 11.8 Å². The van der Waals surface area contributed by atoms with Gasteiger partial charge in [0, 0.05) is 45.1 Å². The summed E-state index contributed by atoms with van der Waals surface area (Å²) in [6, 6.07) is 4.60. The van der Waals surface area contributed by atoms with Crippen molar-refractivity contribution in [1.82, 2.24) is 5.32 Å². The Hall–Kier alpha value is -1.95. The van der Waals surface area contributed by atoms with Crippen molar-refractivity contribution < 1.29 is 14.0 Å². The zero-order valence-electron chi connectivity index (χ0n) is 11.8. The second-order valence-corrected chi connectivity index (χ2v) is 5.35. The maximum Gasteiger partial charge on any atom is 0.233 e. The van der Waals surface area contributed by atoms with E-state index < -0.39 is 0 Å². The number of imide groups is 1. The molecule has 1 aromatic rings. The minimum Gasteiger partial charge on any atom is -0.367 e. The molecule has 2 fully saturated rings. The molecule has 0 bridgehead atoms. The van der Waals surface area contributed by atoms with Crippen molar-refractivity contribution in [2.45, 2.75) is 19.3 Å². The van der Waals surface area contributed by atoms with Gasteiger partial charge in [-0.25, -0.2) is 4.39 Å². The third kappa shape index (κ3) is 2.76. The van der Waals surface area contributed by atoms with Crippen LogP contribution in [-0.4, -0.2) is 38.0 Å². The lowest BCUT2D eigenvalue weighted by molar-refractivity contribution is -0.129.